The van der Waals surface area contributed by atoms with Crippen LogP contribution in [0.5, 0.6) is 0 Å². The zero-order chi connectivity index (χ0) is 16.7. The van der Waals surface area contributed by atoms with E-state index in [1.807, 2.05) is 54.6 Å². The number of rotatable bonds is 3. The van der Waals surface area contributed by atoms with Crippen molar-refractivity contribution in [1.29, 1.82) is 0 Å². The van der Waals surface area contributed by atoms with Gasteiger partial charge in [0.1, 0.15) is 5.76 Å². The maximum atomic E-state index is 13.0. The molecular formula is C20H18O4. The fourth-order valence-electron chi connectivity index (χ4n) is 3.55. The highest BCUT2D eigenvalue weighted by molar-refractivity contribution is 6.20. The van der Waals surface area contributed by atoms with E-state index < -0.39 is 5.97 Å². The van der Waals surface area contributed by atoms with Crippen LogP contribution in [0.4, 0.5) is 0 Å². The lowest BCUT2D eigenvalue weighted by Gasteiger charge is -2.38. The molecule has 0 saturated carbocycles. The summed E-state index contributed by atoms with van der Waals surface area (Å²) in [5, 5.41) is 0. The van der Waals surface area contributed by atoms with Gasteiger partial charge in [-0.25, -0.2) is 0 Å². The summed E-state index contributed by atoms with van der Waals surface area (Å²) in [4.78, 5) is 13.0. The molecule has 0 saturated heterocycles. The average molecular weight is 322 g/mol. The Labute approximate surface area is 140 Å². The SMILES string of the molecule is COC1(OC)CC(c2ccccc2)C2=C(O1)c1ccccc1C2=O. The van der Waals surface area contributed by atoms with Gasteiger partial charge < -0.3 is 14.2 Å². The molecular weight excluding hydrogens is 304 g/mol. The minimum absolute atomic E-state index is 0.0234. The van der Waals surface area contributed by atoms with Crippen LogP contribution in [0.25, 0.3) is 5.76 Å². The van der Waals surface area contributed by atoms with Crippen molar-refractivity contribution in [3.8, 4) is 0 Å². The molecule has 0 N–H and O–H groups in total. The summed E-state index contributed by atoms with van der Waals surface area (Å²) >= 11 is 0. The minimum atomic E-state index is -1.20. The zero-order valence-electron chi connectivity index (χ0n) is 13.6. The van der Waals surface area contributed by atoms with Gasteiger partial charge in [-0.3, -0.25) is 4.79 Å². The second kappa shape index (κ2) is 5.58. The molecule has 1 aliphatic heterocycles. The second-order valence-corrected chi connectivity index (χ2v) is 5.98. The van der Waals surface area contributed by atoms with Crippen molar-refractivity contribution < 1.29 is 19.0 Å². The van der Waals surface area contributed by atoms with E-state index in [1.54, 1.807) is 14.2 Å². The van der Waals surface area contributed by atoms with Gasteiger partial charge in [0.25, 0.3) is 0 Å². The summed E-state index contributed by atoms with van der Waals surface area (Å²) in [5.41, 5.74) is 3.21. The standard InChI is InChI=1S/C20H18O4/c1-22-20(23-2)12-16(13-8-4-3-5-9-13)17-18(21)14-10-6-7-11-15(14)19(17)24-20/h3-11,16H,12H2,1-2H3. The number of allylic oxidation sites excluding steroid dienone is 1. The fourth-order valence-corrected chi connectivity index (χ4v) is 3.55. The van der Waals surface area contributed by atoms with E-state index in [9.17, 15) is 4.79 Å². The predicted octanol–water partition coefficient (Wildman–Crippen LogP) is 3.74. The maximum absolute atomic E-state index is 13.0. The number of carbonyl (C=O) groups is 1. The van der Waals surface area contributed by atoms with Gasteiger partial charge in [0.2, 0.25) is 0 Å². The topological polar surface area (TPSA) is 44.8 Å². The molecule has 0 spiro atoms. The molecule has 4 rings (SSSR count). The molecule has 0 amide bonds. The van der Waals surface area contributed by atoms with Gasteiger partial charge in [0.05, 0.1) is 12.0 Å². The van der Waals surface area contributed by atoms with Crippen LogP contribution in [-0.2, 0) is 14.2 Å². The molecule has 1 atom stereocenters. The van der Waals surface area contributed by atoms with E-state index in [2.05, 4.69) is 0 Å². The number of fused-ring (bicyclic) bond motifs is 2. The lowest BCUT2D eigenvalue weighted by Crippen LogP contribution is -2.41. The molecule has 2 aromatic rings. The summed E-state index contributed by atoms with van der Waals surface area (Å²) in [6.45, 7) is 0. The Morgan fingerprint density at radius 2 is 1.58 bits per heavy atom. The van der Waals surface area contributed by atoms with Crippen molar-refractivity contribution in [2.24, 2.45) is 0 Å². The summed E-state index contributed by atoms with van der Waals surface area (Å²) in [6, 6.07) is 17.5. The summed E-state index contributed by atoms with van der Waals surface area (Å²) in [7, 11) is 3.11. The maximum Gasteiger partial charge on any atom is 0.327 e. The van der Waals surface area contributed by atoms with E-state index in [0.29, 0.717) is 23.3 Å². The lowest BCUT2D eigenvalue weighted by molar-refractivity contribution is -0.342. The van der Waals surface area contributed by atoms with E-state index in [4.69, 9.17) is 14.2 Å². The molecule has 0 bridgehead atoms. The molecule has 1 aliphatic carbocycles. The Kier molecular flexibility index (Phi) is 3.52. The van der Waals surface area contributed by atoms with Crippen molar-refractivity contribution in [3.63, 3.8) is 0 Å². The van der Waals surface area contributed by atoms with Gasteiger partial charge in [0.15, 0.2) is 5.78 Å². The summed E-state index contributed by atoms with van der Waals surface area (Å²) in [5.74, 6) is -0.749. The third-order valence-electron chi connectivity index (χ3n) is 4.79. The monoisotopic (exact) mass is 322 g/mol. The molecule has 0 aromatic heterocycles. The van der Waals surface area contributed by atoms with Gasteiger partial charge in [-0.2, -0.15) is 0 Å². The van der Waals surface area contributed by atoms with Crippen LogP contribution in [0.2, 0.25) is 0 Å². The van der Waals surface area contributed by atoms with Crippen LogP contribution in [0.15, 0.2) is 60.2 Å². The number of ether oxygens (including phenoxy) is 3. The number of hydrogen-bond donors (Lipinski definition) is 0. The van der Waals surface area contributed by atoms with Crippen molar-refractivity contribution >= 4 is 11.5 Å². The van der Waals surface area contributed by atoms with E-state index >= 15 is 0 Å². The fraction of sp³-hybridized carbons (Fsp3) is 0.250. The molecule has 1 unspecified atom stereocenters. The normalized spacial score (nSPS) is 21.2. The van der Waals surface area contributed by atoms with Crippen LogP contribution < -0.4 is 0 Å². The summed E-state index contributed by atoms with van der Waals surface area (Å²) < 4.78 is 17.2. The highest BCUT2D eigenvalue weighted by Crippen LogP contribution is 2.50. The number of Topliss-reactive ketones (excluding diaryl/α,β-unsaturated/α-hetero) is 1. The molecule has 1 heterocycles. The van der Waals surface area contributed by atoms with Gasteiger partial charge in [-0.15, -0.1) is 0 Å². The van der Waals surface area contributed by atoms with Gasteiger partial charge >= 0.3 is 5.97 Å². The number of methoxy groups -OCH3 is 2. The van der Waals surface area contributed by atoms with Crippen LogP contribution in [0.3, 0.4) is 0 Å². The second-order valence-electron chi connectivity index (χ2n) is 5.98. The van der Waals surface area contributed by atoms with Crippen molar-refractivity contribution in [2.45, 2.75) is 18.3 Å². The Morgan fingerprint density at radius 3 is 2.25 bits per heavy atom. The number of carbonyl (C=O) groups excluding carboxylic acids is 1. The Bertz CT molecular complexity index is 819. The molecule has 0 radical (unpaired) electrons. The van der Waals surface area contributed by atoms with Gasteiger partial charge in [0, 0.05) is 31.3 Å². The minimum Gasteiger partial charge on any atom is -0.438 e. The van der Waals surface area contributed by atoms with Crippen LogP contribution >= 0.6 is 0 Å². The van der Waals surface area contributed by atoms with Crippen LogP contribution in [-0.4, -0.2) is 26.0 Å². The van der Waals surface area contributed by atoms with E-state index in [-0.39, 0.29) is 11.7 Å². The molecule has 122 valence electrons. The highest BCUT2D eigenvalue weighted by atomic mass is 16.9. The number of benzene rings is 2. The summed E-state index contributed by atoms with van der Waals surface area (Å²) in [6.07, 6.45) is 0.419. The van der Waals surface area contributed by atoms with Crippen LogP contribution in [0, 0.1) is 0 Å². The van der Waals surface area contributed by atoms with Crippen molar-refractivity contribution in [2.75, 3.05) is 14.2 Å². The largest absolute Gasteiger partial charge is 0.438 e. The molecule has 4 heteroatoms. The quantitative estimate of drug-likeness (QED) is 0.808. The first-order valence-corrected chi connectivity index (χ1v) is 7.91. The highest BCUT2D eigenvalue weighted by Gasteiger charge is 2.49. The van der Waals surface area contributed by atoms with Gasteiger partial charge in [-0.1, -0.05) is 54.6 Å². The first kappa shape index (κ1) is 15.1. The molecule has 4 nitrogen and oxygen atoms in total. The zero-order valence-corrected chi connectivity index (χ0v) is 13.6. The number of ketones is 1. The molecule has 2 aliphatic rings. The molecule has 2 aromatic carbocycles. The Balaban J connectivity index is 1.91. The molecule has 24 heavy (non-hydrogen) atoms. The first-order valence-electron chi connectivity index (χ1n) is 7.91. The third kappa shape index (κ3) is 2.11. The Hall–Kier alpha value is -2.43. The van der Waals surface area contributed by atoms with E-state index in [0.717, 1.165) is 11.1 Å². The first-order chi connectivity index (χ1) is 11.7. The smallest absolute Gasteiger partial charge is 0.327 e. The molecule has 0 fully saturated rings. The third-order valence-corrected chi connectivity index (χ3v) is 4.79. The number of hydrogen-bond acceptors (Lipinski definition) is 4. The van der Waals surface area contributed by atoms with Gasteiger partial charge in [-0.05, 0) is 5.56 Å². The van der Waals surface area contributed by atoms with Crippen molar-refractivity contribution in [3.05, 3.63) is 76.9 Å². The van der Waals surface area contributed by atoms with E-state index in [1.165, 1.54) is 0 Å². The average Bonchev–Trinajstić information content (AvgIpc) is 2.94. The lowest BCUT2D eigenvalue weighted by atomic mass is 9.84. The van der Waals surface area contributed by atoms with Crippen molar-refractivity contribution in [1.82, 2.24) is 0 Å². The van der Waals surface area contributed by atoms with Crippen LogP contribution in [0.1, 0.15) is 33.8 Å². The Morgan fingerprint density at radius 1 is 0.958 bits per heavy atom. The predicted molar refractivity (Wildman–Crippen MR) is 89.3 cm³/mol.